The van der Waals surface area contributed by atoms with Crippen molar-refractivity contribution in [1.82, 2.24) is 0 Å². The Morgan fingerprint density at radius 2 is 0.629 bits per heavy atom. The van der Waals surface area contributed by atoms with Crippen LogP contribution in [-0.4, -0.2) is 78.4 Å². The molecule has 0 aromatic rings. The molecule has 0 spiro atoms. The molecule has 0 heterocycles. The van der Waals surface area contributed by atoms with E-state index in [2.05, 4.69) is 4.74 Å². The smallest absolute Gasteiger partial charge is 0.317 e. The summed E-state index contributed by atoms with van der Waals surface area (Å²) in [7, 11) is 0. The van der Waals surface area contributed by atoms with Gasteiger partial charge in [0.2, 0.25) is 0 Å². The molecule has 0 bridgehead atoms. The van der Waals surface area contributed by atoms with E-state index in [0.717, 1.165) is 0 Å². The number of carboxylic acids is 6. The number of ether oxygens (including phenoxy) is 1. The topological polar surface area (TPSA) is 267 Å². The Kier molecular flexibility index (Phi) is 8.15. The van der Waals surface area contributed by atoms with E-state index in [0.29, 0.717) is 0 Å². The van der Waals surface area contributed by atoms with Crippen molar-refractivity contribution in [2.45, 2.75) is 25.7 Å². The highest BCUT2D eigenvalue weighted by Gasteiger charge is 2.55. The van der Waals surface area contributed by atoms with E-state index >= 15 is 0 Å². The van der Waals surface area contributed by atoms with Gasteiger partial charge >= 0.3 is 47.8 Å². The van der Waals surface area contributed by atoms with E-state index in [1.54, 1.807) is 0 Å². The predicted molar refractivity (Wildman–Crippen MR) is 103 cm³/mol. The number of carbonyl (C=O) groups excluding carboxylic acids is 2. The predicted octanol–water partition coefficient (Wildman–Crippen LogP) is -0.919. The molecule has 2 aliphatic rings. The van der Waals surface area contributed by atoms with E-state index in [1.807, 2.05) is 0 Å². The van der Waals surface area contributed by atoms with Gasteiger partial charge in [0.1, 0.15) is 0 Å². The second-order valence-corrected chi connectivity index (χ2v) is 8.45. The number of esters is 2. The monoisotopic (exact) mass is 502 g/mol. The molecular formula is C20H22O15. The summed E-state index contributed by atoms with van der Waals surface area (Å²) in [6.07, 6.45) is -1.77. The highest BCUT2D eigenvalue weighted by Crippen LogP contribution is 2.43. The van der Waals surface area contributed by atoms with Gasteiger partial charge in [0.05, 0.1) is 47.3 Å². The van der Waals surface area contributed by atoms with Crippen LogP contribution in [0.3, 0.4) is 0 Å². The highest BCUT2D eigenvalue weighted by atomic mass is 16.6. The summed E-state index contributed by atoms with van der Waals surface area (Å²) in [4.78, 5) is 94.8. The summed E-state index contributed by atoms with van der Waals surface area (Å²) >= 11 is 0. The van der Waals surface area contributed by atoms with Crippen LogP contribution in [0.15, 0.2) is 0 Å². The lowest BCUT2D eigenvalue weighted by Crippen LogP contribution is -2.50. The minimum absolute atomic E-state index is 0.424. The molecule has 15 heteroatoms. The van der Waals surface area contributed by atoms with Crippen LogP contribution in [0.5, 0.6) is 0 Å². The van der Waals surface area contributed by atoms with Crippen LogP contribution in [0.4, 0.5) is 0 Å². The molecule has 192 valence electrons. The second kappa shape index (κ2) is 10.5. The summed E-state index contributed by atoms with van der Waals surface area (Å²) in [5, 5.41) is 56.3. The molecule has 0 saturated heterocycles. The molecule has 15 nitrogen and oxygen atoms in total. The van der Waals surface area contributed by atoms with Gasteiger partial charge in [-0.2, -0.15) is 0 Å². The number of hydrogen-bond acceptors (Lipinski definition) is 9. The normalized spacial score (nSPS) is 32.6. The van der Waals surface area contributed by atoms with E-state index in [9.17, 15) is 69.0 Å². The van der Waals surface area contributed by atoms with Gasteiger partial charge in [0, 0.05) is 0 Å². The second-order valence-electron chi connectivity index (χ2n) is 8.45. The average Bonchev–Trinajstić information content (AvgIpc) is 2.76. The Hall–Kier alpha value is -4.04. The van der Waals surface area contributed by atoms with Gasteiger partial charge in [-0.25, -0.2) is 0 Å². The van der Waals surface area contributed by atoms with Crippen molar-refractivity contribution in [3.8, 4) is 0 Å². The van der Waals surface area contributed by atoms with Crippen molar-refractivity contribution in [3.05, 3.63) is 0 Å². The summed E-state index contributed by atoms with van der Waals surface area (Å²) in [5.41, 5.74) is 0. The van der Waals surface area contributed by atoms with Crippen LogP contribution in [0, 0.1) is 47.3 Å². The quantitative estimate of drug-likeness (QED) is 0.173. The van der Waals surface area contributed by atoms with Crippen molar-refractivity contribution < 1.29 is 73.7 Å². The summed E-state index contributed by atoms with van der Waals surface area (Å²) in [6, 6.07) is 0. The zero-order valence-corrected chi connectivity index (χ0v) is 17.8. The van der Waals surface area contributed by atoms with Crippen LogP contribution in [0.2, 0.25) is 0 Å². The third-order valence-electron chi connectivity index (χ3n) is 6.67. The zero-order valence-electron chi connectivity index (χ0n) is 17.8. The third-order valence-corrected chi connectivity index (χ3v) is 6.67. The molecule has 0 aromatic carbocycles. The van der Waals surface area contributed by atoms with Crippen molar-refractivity contribution >= 4 is 47.8 Å². The van der Waals surface area contributed by atoms with Crippen LogP contribution >= 0.6 is 0 Å². The molecule has 8 atom stereocenters. The van der Waals surface area contributed by atoms with Gasteiger partial charge < -0.3 is 35.4 Å². The molecular weight excluding hydrogens is 480 g/mol. The van der Waals surface area contributed by atoms with Crippen molar-refractivity contribution in [1.29, 1.82) is 0 Å². The van der Waals surface area contributed by atoms with Gasteiger partial charge in [-0.15, -0.1) is 0 Å². The molecule has 0 aromatic heterocycles. The molecule has 2 aliphatic carbocycles. The maximum Gasteiger partial charge on any atom is 0.317 e. The number of carbonyl (C=O) groups is 8. The largest absolute Gasteiger partial charge is 0.481 e. The lowest BCUT2D eigenvalue weighted by atomic mass is 9.66. The fourth-order valence-electron chi connectivity index (χ4n) is 5.07. The molecule has 35 heavy (non-hydrogen) atoms. The summed E-state index contributed by atoms with van der Waals surface area (Å²) in [5.74, 6) is -28.5. The van der Waals surface area contributed by atoms with Crippen LogP contribution in [0.1, 0.15) is 25.7 Å². The molecule has 2 rings (SSSR count). The van der Waals surface area contributed by atoms with Gasteiger partial charge in [0.15, 0.2) is 0 Å². The summed E-state index contributed by atoms with van der Waals surface area (Å²) in [6.45, 7) is 0. The lowest BCUT2D eigenvalue weighted by Gasteiger charge is -2.37. The van der Waals surface area contributed by atoms with E-state index in [4.69, 9.17) is 0 Å². The lowest BCUT2D eigenvalue weighted by molar-refractivity contribution is -0.183. The van der Waals surface area contributed by atoms with Gasteiger partial charge in [0.25, 0.3) is 0 Å². The highest BCUT2D eigenvalue weighted by molar-refractivity contribution is 5.95. The van der Waals surface area contributed by atoms with Crippen LogP contribution in [0.25, 0.3) is 0 Å². The number of carboxylic acid groups (broad SMARTS) is 6. The average molecular weight is 502 g/mol. The number of hydrogen-bond donors (Lipinski definition) is 6. The Bertz CT molecular complexity index is 892. The Balaban J connectivity index is 2.32. The van der Waals surface area contributed by atoms with Crippen molar-refractivity contribution in [2.75, 3.05) is 0 Å². The molecule has 6 N–H and O–H groups in total. The van der Waals surface area contributed by atoms with E-state index < -0.39 is 121 Å². The maximum atomic E-state index is 12.7. The molecule has 2 fully saturated rings. The van der Waals surface area contributed by atoms with Gasteiger partial charge in [-0.1, -0.05) is 0 Å². The van der Waals surface area contributed by atoms with Crippen LogP contribution < -0.4 is 0 Å². The van der Waals surface area contributed by atoms with Crippen LogP contribution in [-0.2, 0) is 43.1 Å². The Labute approximate surface area is 195 Å². The van der Waals surface area contributed by atoms with E-state index in [-0.39, 0.29) is 0 Å². The Morgan fingerprint density at radius 1 is 0.400 bits per heavy atom. The van der Waals surface area contributed by atoms with Crippen molar-refractivity contribution in [2.24, 2.45) is 47.3 Å². The van der Waals surface area contributed by atoms with Crippen molar-refractivity contribution in [3.63, 3.8) is 0 Å². The first-order valence-electron chi connectivity index (χ1n) is 10.3. The first-order chi connectivity index (χ1) is 16.2. The fraction of sp³-hybridized carbons (Fsp3) is 0.600. The number of rotatable bonds is 8. The third kappa shape index (κ3) is 5.38. The van der Waals surface area contributed by atoms with Gasteiger partial charge in [-0.3, -0.25) is 38.4 Å². The maximum absolute atomic E-state index is 12.7. The first kappa shape index (κ1) is 27.2. The minimum Gasteiger partial charge on any atom is -0.481 e. The Morgan fingerprint density at radius 3 is 0.857 bits per heavy atom. The molecule has 0 amide bonds. The molecule has 2 saturated carbocycles. The molecule has 0 aliphatic heterocycles. The summed E-state index contributed by atoms with van der Waals surface area (Å²) < 4.78 is 4.65. The van der Waals surface area contributed by atoms with Gasteiger partial charge in [-0.05, 0) is 25.7 Å². The zero-order chi connectivity index (χ0) is 26.8. The first-order valence-corrected chi connectivity index (χ1v) is 10.3. The SMILES string of the molecule is O=C(O)C1CCC(C(=O)OC(=O)C2CCC(C(=O)O)C(C(=O)O)C2C(=O)O)C(C(=O)O)C1C(=O)O. The number of aliphatic carboxylic acids is 6. The minimum atomic E-state index is -2.08. The fourth-order valence-corrected chi connectivity index (χ4v) is 5.07. The van der Waals surface area contributed by atoms with E-state index in [1.165, 1.54) is 0 Å². The molecule has 0 radical (unpaired) electrons. The molecule has 8 unspecified atom stereocenters. The standard InChI is InChI=1S/C20H22O15/c21-13(22)5-1-3-7(11(17(29)30)9(5)15(25)26)19(33)35-20(34)8-4-2-6(14(23)24)10(16(27)28)12(8)18(31)32/h5-12H,1-4H2,(H,21,22)(H,23,24)(H,25,26)(H,27,28)(H,29,30)(H,31,32).